The van der Waals surface area contributed by atoms with Crippen LogP contribution in [0.5, 0.6) is 0 Å². The summed E-state index contributed by atoms with van der Waals surface area (Å²) in [4.78, 5) is 11.2. The zero-order valence-electron chi connectivity index (χ0n) is 11.7. The highest BCUT2D eigenvalue weighted by Crippen LogP contribution is 2.36. The van der Waals surface area contributed by atoms with E-state index in [1.165, 1.54) is 18.9 Å². The van der Waals surface area contributed by atoms with E-state index in [-0.39, 0.29) is 17.3 Å². The van der Waals surface area contributed by atoms with Crippen molar-refractivity contribution in [3.05, 3.63) is 29.3 Å². The predicted molar refractivity (Wildman–Crippen MR) is 73.4 cm³/mol. The van der Waals surface area contributed by atoms with Gasteiger partial charge in [-0.05, 0) is 37.0 Å². The minimum Gasteiger partial charge on any atom is -0.478 e. The summed E-state index contributed by atoms with van der Waals surface area (Å²) < 4.78 is 38.0. The van der Waals surface area contributed by atoms with Crippen molar-refractivity contribution < 1.29 is 23.1 Å². The van der Waals surface area contributed by atoms with E-state index in [2.05, 4.69) is 5.32 Å². The Hall–Kier alpha value is -1.72. The molecule has 1 aliphatic rings. The minimum atomic E-state index is -4.54. The van der Waals surface area contributed by atoms with E-state index in [0.29, 0.717) is 12.0 Å². The van der Waals surface area contributed by atoms with Crippen LogP contribution in [0.3, 0.4) is 0 Å². The van der Waals surface area contributed by atoms with Crippen LogP contribution in [0, 0.1) is 5.92 Å². The van der Waals surface area contributed by atoms with Gasteiger partial charge in [0, 0.05) is 11.7 Å². The molecule has 2 rings (SSSR count). The highest BCUT2D eigenvalue weighted by Gasteiger charge is 2.32. The van der Waals surface area contributed by atoms with E-state index < -0.39 is 17.7 Å². The maximum absolute atomic E-state index is 12.7. The molecule has 0 bridgehead atoms. The van der Waals surface area contributed by atoms with Crippen molar-refractivity contribution in [3.8, 4) is 0 Å². The van der Waals surface area contributed by atoms with Crippen molar-refractivity contribution in [1.82, 2.24) is 0 Å². The van der Waals surface area contributed by atoms with Crippen LogP contribution < -0.4 is 5.32 Å². The molecule has 2 N–H and O–H groups in total. The molecular weight excluding hydrogens is 283 g/mol. The van der Waals surface area contributed by atoms with E-state index in [1.807, 2.05) is 6.92 Å². The van der Waals surface area contributed by atoms with Gasteiger partial charge >= 0.3 is 12.1 Å². The lowest BCUT2D eigenvalue weighted by molar-refractivity contribution is -0.137. The molecule has 1 atom stereocenters. The van der Waals surface area contributed by atoms with Crippen molar-refractivity contribution in [1.29, 1.82) is 0 Å². The topological polar surface area (TPSA) is 49.3 Å². The number of carbonyl (C=O) groups is 1. The van der Waals surface area contributed by atoms with Crippen LogP contribution in [0.2, 0.25) is 0 Å². The summed E-state index contributed by atoms with van der Waals surface area (Å²) >= 11 is 0. The number of hydrogen-bond acceptors (Lipinski definition) is 2. The SMILES string of the molecule is CCC(CC1CC1)Nc1ccc(C(F)(F)F)cc1C(=O)O. The molecule has 3 nitrogen and oxygen atoms in total. The normalized spacial score (nSPS) is 16.6. The van der Waals surface area contributed by atoms with Gasteiger partial charge < -0.3 is 10.4 Å². The Morgan fingerprint density at radius 2 is 2.10 bits per heavy atom. The highest BCUT2D eigenvalue weighted by atomic mass is 19.4. The van der Waals surface area contributed by atoms with E-state index in [0.717, 1.165) is 18.9 Å². The van der Waals surface area contributed by atoms with E-state index in [9.17, 15) is 18.0 Å². The molecule has 0 aromatic heterocycles. The molecule has 116 valence electrons. The summed E-state index contributed by atoms with van der Waals surface area (Å²) in [6.45, 7) is 1.98. The maximum atomic E-state index is 12.7. The number of alkyl halides is 3. The molecule has 0 spiro atoms. The van der Waals surface area contributed by atoms with Crippen LogP contribution in [0.25, 0.3) is 0 Å². The molecule has 21 heavy (non-hydrogen) atoms. The highest BCUT2D eigenvalue weighted by molar-refractivity contribution is 5.94. The zero-order chi connectivity index (χ0) is 15.6. The van der Waals surface area contributed by atoms with Gasteiger partial charge in [-0.1, -0.05) is 19.8 Å². The Kier molecular flexibility index (Phi) is 4.44. The van der Waals surface area contributed by atoms with Crippen molar-refractivity contribution in [3.63, 3.8) is 0 Å². The molecule has 1 aromatic rings. The molecule has 1 unspecified atom stereocenters. The summed E-state index contributed by atoms with van der Waals surface area (Å²) in [6.07, 6.45) is -0.456. The number of carboxylic acids is 1. The van der Waals surface area contributed by atoms with Gasteiger partial charge in [0.25, 0.3) is 0 Å². The third-order valence-corrected chi connectivity index (χ3v) is 3.74. The Morgan fingerprint density at radius 3 is 2.57 bits per heavy atom. The Morgan fingerprint density at radius 1 is 1.43 bits per heavy atom. The van der Waals surface area contributed by atoms with Gasteiger partial charge in [0.15, 0.2) is 0 Å². The predicted octanol–water partition coefficient (Wildman–Crippen LogP) is 4.39. The number of rotatable bonds is 6. The second-order valence-electron chi connectivity index (χ2n) is 5.49. The first-order chi connectivity index (χ1) is 9.81. The van der Waals surface area contributed by atoms with E-state index in [1.54, 1.807) is 0 Å². The number of nitrogens with one attached hydrogen (secondary N) is 1. The molecule has 0 amide bonds. The van der Waals surface area contributed by atoms with Gasteiger partial charge in [-0.15, -0.1) is 0 Å². The van der Waals surface area contributed by atoms with Gasteiger partial charge in [0.1, 0.15) is 0 Å². The fraction of sp³-hybridized carbons (Fsp3) is 0.533. The smallest absolute Gasteiger partial charge is 0.416 e. The van der Waals surface area contributed by atoms with Gasteiger partial charge in [-0.3, -0.25) is 0 Å². The molecule has 0 saturated heterocycles. The number of anilines is 1. The largest absolute Gasteiger partial charge is 0.478 e. The lowest BCUT2D eigenvalue weighted by atomic mass is 10.0. The molecule has 1 saturated carbocycles. The molecule has 0 radical (unpaired) electrons. The lowest BCUT2D eigenvalue weighted by Crippen LogP contribution is -2.21. The van der Waals surface area contributed by atoms with Crippen LogP contribution >= 0.6 is 0 Å². The summed E-state index contributed by atoms with van der Waals surface area (Å²) in [5, 5.41) is 12.2. The van der Waals surface area contributed by atoms with Gasteiger partial charge in [-0.25, -0.2) is 4.79 Å². The van der Waals surface area contributed by atoms with Crippen molar-refractivity contribution in [2.24, 2.45) is 5.92 Å². The van der Waals surface area contributed by atoms with Crippen LogP contribution in [0.4, 0.5) is 18.9 Å². The monoisotopic (exact) mass is 301 g/mol. The number of aromatic carboxylic acids is 1. The van der Waals surface area contributed by atoms with Crippen LogP contribution in [0.1, 0.15) is 48.5 Å². The van der Waals surface area contributed by atoms with Crippen molar-refractivity contribution in [2.45, 2.75) is 44.8 Å². The Labute approximate surface area is 121 Å². The van der Waals surface area contributed by atoms with Crippen molar-refractivity contribution >= 4 is 11.7 Å². The Bertz CT molecular complexity index is 524. The molecule has 0 heterocycles. The maximum Gasteiger partial charge on any atom is 0.416 e. The number of halogens is 3. The van der Waals surface area contributed by atoms with Crippen LogP contribution in [0.15, 0.2) is 18.2 Å². The van der Waals surface area contributed by atoms with Crippen LogP contribution in [-0.2, 0) is 6.18 Å². The first-order valence-corrected chi connectivity index (χ1v) is 7.02. The quantitative estimate of drug-likeness (QED) is 0.819. The summed E-state index contributed by atoms with van der Waals surface area (Å²) in [5.74, 6) is -0.699. The van der Waals surface area contributed by atoms with Gasteiger partial charge in [0.05, 0.1) is 11.1 Å². The summed E-state index contributed by atoms with van der Waals surface area (Å²) in [7, 11) is 0. The molecule has 6 heteroatoms. The average Bonchev–Trinajstić information content (AvgIpc) is 3.20. The second-order valence-corrected chi connectivity index (χ2v) is 5.49. The second kappa shape index (κ2) is 5.95. The first kappa shape index (κ1) is 15.7. The zero-order valence-corrected chi connectivity index (χ0v) is 11.7. The average molecular weight is 301 g/mol. The standard InChI is InChI=1S/C15H18F3NO2/c1-2-11(7-9-3-4-9)19-13-6-5-10(15(16,17)18)8-12(13)14(20)21/h5-6,8-9,11,19H,2-4,7H2,1H3,(H,20,21). The molecular formula is C15H18F3NO2. The van der Waals surface area contributed by atoms with Gasteiger partial charge in [-0.2, -0.15) is 13.2 Å². The number of carboxylic acid groups (broad SMARTS) is 1. The van der Waals surface area contributed by atoms with Crippen molar-refractivity contribution in [2.75, 3.05) is 5.32 Å². The molecule has 1 aliphatic carbocycles. The fourth-order valence-corrected chi connectivity index (χ4v) is 2.33. The minimum absolute atomic E-state index is 0.0901. The third kappa shape index (κ3) is 4.12. The fourth-order valence-electron chi connectivity index (χ4n) is 2.33. The summed E-state index contributed by atoms with van der Waals surface area (Å²) in [6, 6.07) is 2.90. The van der Waals surface area contributed by atoms with Crippen LogP contribution in [-0.4, -0.2) is 17.1 Å². The molecule has 1 fully saturated rings. The summed E-state index contributed by atoms with van der Waals surface area (Å²) in [5.41, 5.74) is -1.03. The lowest BCUT2D eigenvalue weighted by Gasteiger charge is -2.20. The first-order valence-electron chi connectivity index (χ1n) is 7.02. The number of hydrogen-bond donors (Lipinski definition) is 2. The van der Waals surface area contributed by atoms with Gasteiger partial charge in [0.2, 0.25) is 0 Å². The molecule has 0 aliphatic heterocycles. The molecule has 1 aromatic carbocycles. The third-order valence-electron chi connectivity index (χ3n) is 3.74. The number of benzene rings is 1. The Balaban J connectivity index is 2.22. The van der Waals surface area contributed by atoms with E-state index >= 15 is 0 Å². The van der Waals surface area contributed by atoms with E-state index in [4.69, 9.17) is 5.11 Å².